The normalized spacial score (nSPS) is 10.6. The molecule has 0 unspecified atom stereocenters. The van der Waals surface area contributed by atoms with Crippen LogP contribution in [0.15, 0.2) is 35.4 Å². The lowest BCUT2D eigenvalue weighted by Gasteiger charge is -2.09. The molecule has 0 atom stereocenters. The van der Waals surface area contributed by atoms with Crippen molar-refractivity contribution in [3.05, 3.63) is 57.7 Å². The van der Waals surface area contributed by atoms with Crippen LogP contribution in [0.5, 0.6) is 0 Å². The monoisotopic (exact) mass is 314 g/mol. The van der Waals surface area contributed by atoms with Crippen LogP contribution in [0.3, 0.4) is 0 Å². The molecule has 5 nitrogen and oxygen atoms in total. The summed E-state index contributed by atoms with van der Waals surface area (Å²) in [7, 11) is 1.58. The van der Waals surface area contributed by atoms with Crippen molar-refractivity contribution in [1.82, 2.24) is 4.98 Å². The van der Waals surface area contributed by atoms with E-state index < -0.39 is 0 Å². The highest BCUT2D eigenvalue weighted by Gasteiger charge is 2.10. The van der Waals surface area contributed by atoms with Crippen LogP contribution in [0.25, 0.3) is 0 Å². The van der Waals surface area contributed by atoms with Gasteiger partial charge < -0.3 is 4.74 Å². The van der Waals surface area contributed by atoms with E-state index in [1.165, 1.54) is 0 Å². The first-order valence-corrected chi connectivity index (χ1v) is 6.96. The molecular formula is C16H15ClN4O. The van der Waals surface area contributed by atoms with Crippen LogP contribution in [0.2, 0.25) is 5.02 Å². The molecule has 0 spiro atoms. The van der Waals surface area contributed by atoms with Crippen LogP contribution in [0.4, 0.5) is 5.82 Å². The van der Waals surface area contributed by atoms with Gasteiger partial charge in [-0.25, -0.2) is 4.98 Å². The maximum atomic E-state index is 9.32. The number of hydrogen-bond acceptors (Lipinski definition) is 5. The van der Waals surface area contributed by atoms with Crippen molar-refractivity contribution in [2.75, 3.05) is 12.5 Å². The second-order valence-electron chi connectivity index (χ2n) is 4.58. The molecule has 0 aliphatic heterocycles. The quantitative estimate of drug-likeness (QED) is 0.677. The van der Waals surface area contributed by atoms with Gasteiger partial charge in [0.05, 0.1) is 12.8 Å². The molecule has 2 rings (SSSR count). The molecule has 0 aliphatic rings. The minimum Gasteiger partial charge on any atom is -0.380 e. The van der Waals surface area contributed by atoms with Gasteiger partial charge in [0.25, 0.3) is 0 Å². The van der Waals surface area contributed by atoms with Gasteiger partial charge in [-0.3, -0.25) is 5.43 Å². The number of methoxy groups -OCH3 is 1. The minimum absolute atomic E-state index is 0.342. The van der Waals surface area contributed by atoms with Crippen molar-refractivity contribution in [1.29, 1.82) is 5.26 Å². The van der Waals surface area contributed by atoms with Crippen LogP contribution < -0.4 is 5.43 Å². The standard InChI is InChI=1S/C16H15ClN4O/c1-11-7-13(10-22-2)14(8-18)16(20-11)21-19-9-12-5-3-4-6-15(12)17/h3-7,9H,10H2,1-2H3,(H,20,21)/b19-9-. The van der Waals surface area contributed by atoms with Crippen LogP contribution in [-0.2, 0) is 11.3 Å². The van der Waals surface area contributed by atoms with Gasteiger partial charge in [-0.1, -0.05) is 29.8 Å². The third-order valence-electron chi connectivity index (χ3n) is 2.92. The number of hydrazone groups is 1. The van der Waals surface area contributed by atoms with E-state index in [0.717, 1.165) is 16.8 Å². The van der Waals surface area contributed by atoms with Crippen LogP contribution in [0.1, 0.15) is 22.4 Å². The maximum Gasteiger partial charge on any atom is 0.164 e. The maximum absolute atomic E-state index is 9.32. The predicted octanol–water partition coefficient (Wildman–Crippen LogP) is 3.51. The van der Waals surface area contributed by atoms with E-state index in [9.17, 15) is 5.26 Å². The van der Waals surface area contributed by atoms with Gasteiger partial charge in [0.2, 0.25) is 0 Å². The second kappa shape index (κ2) is 7.55. The summed E-state index contributed by atoms with van der Waals surface area (Å²) in [5, 5.41) is 14.0. The van der Waals surface area contributed by atoms with E-state index in [0.29, 0.717) is 23.0 Å². The van der Waals surface area contributed by atoms with Crippen molar-refractivity contribution in [2.45, 2.75) is 13.5 Å². The Balaban J connectivity index is 2.26. The average Bonchev–Trinajstić information content (AvgIpc) is 2.49. The number of nitrogens with one attached hydrogen (secondary N) is 1. The van der Waals surface area contributed by atoms with Crippen LogP contribution in [0, 0.1) is 18.3 Å². The average molecular weight is 315 g/mol. The number of hydrogen-bond donors (Lipinski definition) is 1. The Morgan fingerprint density at radius 1 is 1.45 bits per heavy atom. The Hall–Kier alpha value is -2.42. The number of halogens is 1. The summed E-state index contributed by atoms with van der Waals surface area (Å²) in [6, 6.07) is 11.3. The summed E-state index contributed by atoms with van der Waals surface area (Å²) in [5.74, 6) is 0.401. The summed E-state index contributed by atoms with van der Waals surface area (Å²) in [6.07, 6.45) is 1.59. The highest BCUT2D eigenvalue weighted by molar-refractivity contribution is 6.33. The first-order chi connectivity index (χ1) is 10.7. The summed E-state index contributed by atoms with van der Waals surface area (Å²) in [6.45, 7) is 2.19. The fraction of sp³-hybridized carbons (Fsp3) is 0.188. The number of nitriles is 1. The van der Waals surface area contributed by atoms with Crippen molar-refractivity contribution < 1.29 is 4.74 Å². The molecule has 1 heterocycles. The first kappa shape index (κ1) is 16.0. The Labute approximate surface area is 134 Å². The number of benzene rings is 1. The van der Waals surface area contributed by atoms with Crippen molar-refractivity contribution in [2.24, 2.45) is 5.10 Å². The Morgan fingerprint density at radius 2 is 2.23 bits per heavy atom. The predicted molar refractivity (Wildman–Crippen MR) is 87.1 cm³/mol. The van der Waals surface area contributed by atoms with Crippen molar-refractivity contribution in [3.8, 4) is 6.07 Å². The SMILES string of the molecule is COCc1cc(C)nc(N/N=C\c2ccccc2Cl)c1C#N. The van der Waals surface area contributed by atoms with E-state index in [1.807, 2.05) is 31.2 Å². The zero-order valence-corrected chi connectivity index (χ0v) is 13.1. The lowest BCUT2D eigenvalue weighted by molar-refractivity contribution is 0.184. The summed E-state index contributed by atoms with van der Waals surface area (Å²) >= 11 is 6.05. The number of nitrogens with zero attached hydrogens (tertiary/aromatic N) is 3. The summed E-state index contributed by atoms with van der Waals surface area (Å²) in [5.41, 5.74) is 5.55. The third-order valence-corrected chi connectivity index (χ3v) is 3.26. The van der Waals surface area contributed by atoms with E-state index >= 15 is 0 Å². The number of rotatable bonds is 5. The van der Waals surface area contributed by atoms with Gasteiger partial charge in [0, 0.05) is 29.0 Å². The van der Waals surface area contributed by atoms with E-state index in [2.05, 4.69) is 21.6 Å². The third kappa shape index (κ3) is 3.82. The molecule has 1 aromatic carbocycles. The topological polar surface area (TPSA) is 70.3 Å². The number of anilines is 1. The zero-order chi connectivity index (χ0) is 15.9. The molecule has 6 heteroatoms. The highest BCUT2D eigenvalue weighted by Crippen LogP contribution is 2.19. The number of pyridine rings is 1. The molecule has 0 bridgehead atoms. The Kier molecular flexibility index (Phi) is 5.48. The smallest absolute Gasteiger partial charge is 0.164 e. The summed E-state index contributed by atoms with van der Waals surface area (Å²) < 4.78 is 5.11. The van der Waals surface area contributed by atoms with Gasteiger partial charge in [0.1, 0.15) is 11.6 Å². The first-order valence-electron chi connectivity index (χ1n) is 6.59. The van der Waals surface area contributed by atoms with E-state index in [4.69, 9.17) is 16.3 Å². The fourth-order valence-corrected chi connectivity index (χ4v) is 2.14. The van der Waals surface area contributed by atoms with Crippen molar-refractivity contribution >= 4 is 23.6 Å². The Morgan fingerprint density at radius 3 is 2.91 bits per heavy atom. The van der Waals surface area contributed by atoms with Gasteiger partial charge in [-0.15, -0.1) is 0 Å². The molecular weight excluding hydrogens is 300 g/mol. The van der Waals surface area contributed by atoms with Crippen LogP contribution in [-0.4, -0.2) is 18.3 Å². The van der Waals surface area contributed by atoms with Crippen LogP contribution >= 0.6 is 11.6 Å². The summed E-state index contributed by atoms with van der Waals surface area (Å²) in [4.78, 5) is 4.30. The molecule has 0 aliphatic carbocycles. The van der Waals surface area contributed by atoms with Gasteiger partial charge >= 0.3 is 0 Å². The molecule has 112 valence electrons. The molecule has 0 fully saturated rings. The molecule has 0 radical (unpaired) electrons. The Bertz CT molecular complexity index is 737. The molecule has 0 saturated carbocycles. The number of ether oxygens (including phenoxy) is 1. The highest BCUT2D eigenvalue weighted by atomic mass is 35.5. The van der Waals surface area contributed by atoms with Gasteiger partial charge in [-0.05, 0) is 19.1 Å². The minimum atomic E-state index is 0.342. The molecule has 2 aromatic rings. The molecule has 22 heavy (non-hydrogen) atoms. The van der Waals surface area contributed by atoms with Crippen molar-refractivity contribution in [3.63, 3.8) is 0 Å². The number of aryl methyl sites for hydroxylation is 1. The molecule has 0 saturated heterocycles. The largest absolute Gasteiger partial charge is 0.380 e. The lowest BCUT2D eigenvalue weighted by Crippen LogP contribution is -2.03. The molecule has 1 N–H and O–H groups in total. The number of aromatic nitrogens is 1. The lowest BCUT2D eigenvalue weighted by atomic mass is 10.1. The second-order valence-corrected chi connectivity index (χ2v) is 4.99. The molecule has 1 aromatic heterocycles. The fourth-order valence-electron chi connectivity index (χ4n) is 1.96. The van der Waals surface area contributed by atoms with E-state index in [-0.39, 0.29) is 0 Å². The van der Waals surface area contributed by atoms with Gasteiger partial charge in [-0.2, -0.15) is 10.4 Å². The van der Waals surface area contributed by atoms with Gasteiger partial charge in [0.15, 0.2) is 5.82 Å². The molecule has 0 amide bonds. The zero-order valence-electron chi connectivity index (χ0n) is 12.3. The van der Waals surface area contributed by atoms with E-state index in [1.54, 1.807) is 19.4 Å².